The van der Waals surface area contributed by atoms with E-state index in [4.69, 9.17) is 9.47 Å². The third-order valence-electron chi connectivity index (χ3n) is 5.15. The monoisotopic (exact) mass is 378 g/mol. The summed E-state index contributed by atoms with van der Waals surface area (Å²) >= 11 is 0. The largest absolute Gasteiger partial charge is 0.496 e. The van der Waals surface area contributed by atoms with Gasteiger partial charge in [-0.15, -0.1) is 0 Å². The van der Waals surface area contributed by atoms with E-state index in [0.717, 1.165) is 29.7 Å². The number of aromatic nitrogens is 3. The number of pyridine rings is 1. The second-order valence-electron chi connectivity index (χ2n) is 6.63. The van der Waals surface area contributed by atoms with Gasteiger partial charge in [-0.1, -0.05) is 6.07 Å². The van der Waals surface area contributed by atoms with Crippen LogP contribution in [-0.2, 0) is 0 Å². The fourth-order valence-corrected chi connectivity index (χ4v) is 3.83. The van der Waals surface area contributed by atoms with Gasteiger partial charge in [0.2, 0.25) is 0 Å². The Kier molecular flexibility index (Phi) is 4.97. The number of methoxy groups -OCH3 is 2. The molecular weight excluding hydrogens is 356 g/mol. The van der Waals surface area contributed by atoms with Crippen LogP contribution in [0.4, 0.5) is 0 Å². The molecule has 3 aromatic rings. The zero-order valence-corrected chi connectivity index (χ0v) is 15.9. The number of hydrogen-bond acceptors (Lipinski definition) is 5. The van der Waals surface area contributed by atoms with Crippen LogP contribution in [0, 0.1) is 0 Å². The van der Waals surface area contributed by atoms with Gasteiger partial charge in [-0.2, -0.15) is 5.10 Å². The highest BCUT2D eigenvalue weighted by Crippen LogP contribution is 2.39. The minimum atomic E-state index is -0.105. The van der Waals surface area contributed by atoms with Gasteiger partial charge in [0.1, 0.15) is 17.1 Å². The van der Waals surface area contributed by atoms with E-state index in [9.17, 15) is 4.79 Å². The molecule has 0 spiro atoms. The number of H-pyrrole nitrogens is 1. The van der Waals surface area contributed by atoms with Gasteiger partial charge in [-0.25, -0.2) is 0 Å². The van der Waals surface area contributed by atoms with E-state index in [0.29, 0.717) is 23.6 Å². The Morgan fingerprint density at radius 1 is 1.14 bits per heavy atom. The van der Waals surface area contributed by atoms with Crippen molar-refractivity contribution < 1.29 is 14.3 Å². The molecule has 3 heterocycles. The highest BCUT2D eigenvalue weighted by atomic mass is 16.5. The summed E-state index contributed by atoms with van der Waals surface area (Å²) in [7, 11) is 3.12. The molecule has 1 saturated heterocycles. The number of likely N-dealkylation sites (tertiary alicyclic amines) is 1. The summed E-state index contributed by atoms with van der Waals surface area (Å²) in [5, 5.41) is 7.36. The Labute approximate surface area is 163 Å². The summed E-state index contributed by atoms with van der Waals surface area (Å²) < 4.78 is 10.9. The van der Waals surface area contributed by atoms with Crippen molar-refractivity contribution >= 4 is 5.91 Å². The number of rotatable bonds is 5. The number of nitrogens with zero attached hydrogens (tertiary/aromatic N) is 3. The molecule has 0 saturated carbocycles. The van der Waals surface area contributed by atoms with E-state index in [1.54, 1.807) is 44.9 Å². The van der Waals surface area contributed by atoms with E-state index in [-0.39, 0.29) is 11.9 Å². The molecule has 1 aromatic carbocycles. The number of ether oxygens (including phenoxy) is 2. The lowest BCUT2D eigenvalue weighted by atomic mass is 10.0. The summed E-state index contributed by atoms with van der Waals surface area (Å²) in [6.45, 7) is 0.666. The molecule has 0 bridgehead atoms. The number of carbonyl (C=O) groups is 1. The van der Waals surface area contributed by atoms with Crippen LogP contribution < -0.4 is 9.47 Å². The first-order valence-corrected chi connectivity index (χ1v) is 9.20. The maximum Gasteiger partial charge on any atom is 0.261 e. The third kappa shape index (κ3) is 3.09. The average Bonchev–Trinajstić information content (AvgIpc) is 3.42. The Balaban J connectivity index is 1.72. The van der Waals surface area contributed by atoms with Crippen molar-refractivity contribution in [3.63, 3.8) is 0 Å². The molecule has 7 nitrogen and oxygen atoms in total. The molecule has 1 fully saturated rings. The molecular formula is C21H22N4O3. The van der Waals surface area contributed by atoms with E-state index in [2.05, 4.69) is 15.2 Å². The summed E-state index contributed by atoms with van der Waals surface area (Å²) in [5.41, 5.74) is 3.39. The van der Waals surface area contributed by atoms with Gasteiger partial charge in [0, 0.05) is 24.5 Å². The predicted octanol–water partition coefficient (Wildman–Crippen LogP) is 3.47. The minimum absolute atomic E-state index is 0.0900. The SMILES string of the molecule is COc1cccc(OC)c1C(=O)N1CCC[C@@H]1c1[nH]ncc1-c1ccncc1. The van der Waals surface area contributed by atoms with Crippen LogP contribution in [0.1, 0.15) is 34.9 Å². The molecule has 0 radical (unpaired) electrons. The lowest BCUT2D eigenvalue weighted by Crippen LogP contribution is -2.31. The van der Waals surface area contributed by atoms with Crippen LogP contribution in [0.3, 0.4) is 0 Å². The maximum atomic E-state index is 13.5. The van der Waals surface area contributed by atoms with Crippen LogP contribution in [0.5, 0.6) is 11.5 Å². The number of benzene rings is 1. The Morgan fingerprint density at radius 3 is 2.54 bits per heavy atom. The Morgan fingerprint density at radius 2 is 1.86 bits per heavy atom. The van der Waals surface area contributed by atoms with Crippen molar-refractivity contribution in [1.82, 2.24) is 20.1 Å². The molecule has 0 unspecified atom stereocenters. The van der Waals surface area contributed by atoms with Crippen molar-refractivity contribution in [1.29, 1.82) is 0 Å². The minimum Gasteiger partial charge on any atom is -0.496 e. The molecule has 0 aliphatic carbocycles. The van der Waals surface area contributed by atoms with E-state index >= 15 is 0 Å². The molecule has 1 amide bonds. The molecule has 1 aliphatic rings. The first-order valence-electron chi connectivity index (χ1n) is 9.20. The fraction of sp³-hybridized carbons (Fsp3) is 0.286. The number of aromatic amines is 1. The lowest BCUT2D eigenvalue weighted by Gasteiger charge is -2.26. The third-order valence-corrected chi connectivity index (χ3v) is 5.15. The van der Waals surface area contributed by atoms with Crippen LogP contribution >= 0.6 is 0 Å². The second kappa shape index (κ2) is 7.72. The fourth-order valence-electron chi connectivity index (χ4n) is 3.83. The van der Waals surface area contributed by atoms with Crippen molar-refractivity contribution in [3.8, 4) is 22.6 Å². The van der Waals surface area contributed by atoms with Gasteiger partial charge in [-0.05, 0) is 42.7 Å². The lowest BCUT2D eigenvalue weighted by molar-refractivity contribution is 0.0726. The predicted molar refractivity (Wildman–Crippen MR) is 104 cm³/mol. The van der Waals surface area contributed by atoms with Gasteiger partial charge >= 0.3 is 0 Å². The molecule has 4 rings (SSSR count). The van der Waals surface area contributed by atoms with Gasteiger partial charge in [0.25, 0.3) is 5.91 Å². The van der Waals surface area contributed by atoms with E-state index in [1.807, 2.05) is 23.1 Å². The number of nitrogens with one attached hydrogen (secondary N) is 1. The molecule has 1 N–H and O–H groups in total. The van der Waals surface area contributed by atoms with E-state index < -0.39 is 0 Å². The molecule has 7 heteroatoms. The zero-order valence-electron chi connectivity index (χ0n) is 15.9. The van der Waals surface area contributed by atoms with Crippen molar-refractivity contribution in [2.45, 2.75) is 18.9 Å². The van der Waals surface area contributed by atoms with Crippen LogP contribution in [-0.4, -0.2) is 46.8 Å². The Hall–Kier alpha value is -3.35. The summed E-state index contributed by atoms with van der Waals surface area (Å²) in [4.78, 5) is 19.4. The number of carbonyl (C=O) groups excluding carboxylic acids is 1. The second-order valence-corrected chi connectivity index (χ2v) is 6.63. The van der Waals surface area contributed by atoms with Gasteiger partial charge < -0.3 is 14.4 Å². The first kappa shape index (κ1) is 18.0. The van der Waals surface area contributed by atoms with Crippen LogP contribution in [0.25, 0.3) is 11.1 Å². The summed E-state index contributed by atoms with van der Waals surface area (Å²) in [6, 6.07) is 9.16. The smallest absolute Gasteiger partial charge is 0.261 e. The number of amides is 1. The summed E-state index contributed by atoms with van der Waals surface area (Å²) in [5.74, 6) is 0.912. The van der Waals surface area contributed by atoms with Crippen LogP contribution in [0.15, 0.2) is 48.9 Å². The molecule has 144 valence electrons. The quantitative estimate of drug-likeness (QED) is 0.735. The molecule has 1 atom stereocenters. The number of hydrogen-bond donors (Lipinski definition) is 1. The molecule has 2 aromatic heterocycles. The van der Waals surface area contributed by atoms with Crippen LogP contribution in [0.2, 0.25) is 0 Å². The normalized spacial score (nSPS) is 16.2. The van der Waals surface area contributed by atoms with Crippen molar-refractivity contribution in [3.05, 3.63) is 60.2 Å². The first-order chi connectivity index (χ1) is 13.7. The highest BCUT2D eigenvalue weighted by molar-refractivity contribution is 6.00. The highest BCUT2D eigenvalue weighted by Gasteiger charge is 2.35. The van der Waals surface area contributed by atoms with Crippen molar-refractivity contribution in [2.24, 2.45) is 0 Å². The van der Waals surface area contributed by atoms with E-state index in [1.165, 1.54) is 0 Å². The zero-order chi connectivity index (χ0) is 19.5. The summed E-state index contributed by atoms with van der Waals surface area (Å²) in [6.07, 6.45) is 7.09. The van der Waals surface area contributed by atoms with Gasteiger partial charge in [0.15, 0.2) is 0 Å². The Bertz CT molecular complexity index is 949. The molecule has 28 heavy (non-hydrogen) atoms. The maximum absolute atomic E-state index is 13.5. The van der Waals surface area contributed by atoms with Gasteiger partial charge in [-0.3, -0.25) is 14.9 Å². The van der Waals surface area contributed by atoms with Crippen molar-refractivity contribution in [2.75, 3.05) is 20.8 Å². The van der Waals surface area contributed by atoms with Gasteiger partial charge in [0.05, 0.1) is 32.2 Å². The average molecular weight is 378 g/mol. The topological polar surface area (TPSA) is 80.3 Å². The molecule has 1 aliphatic heterocycles. The standard InChI is InChI=1S/C21H22N4O3/c1-27-17-6-3-7-18(28-2)19(17)21(26)25-12-4-5-16(25)20-15(13-23-24-20)14-8-10-22-11-9-14/h3,6-11,13,16H,4-5,12H2,1-2H3,(H,23,24)/t16-/m1/s1.